The monoisotopic (exact) mass is 314 g/mol. The molecule has 1 aliphatic heterocycles. The number of pyridine rings is 1. The lowest BCUT2D eigenvalue weighted by atomic mass is 9.77. The second-order valence-corrected chi connectivity index (χ2v) is 6.83. The number of aromatic nitrogens is 3. The van der Waals surface area contributed by atoms with Crippen LogP contribution in [0.15, 0.2) is 41.6 Å². The minimum Gasteiger partial charge on any atom is -0.391 e. The first kappa shape index (κ1) is 14.7. The summed E-state index contributed by atoms with van der Waals surface area (Å²) < 4.78 is 1.89. The van der Waals surface area contributed by atoms with E-state index < -0.39 is 0 Å². The number of rotatable bonds is 3. The molecule has 1 saturated carbocycles. The summed E-state index contributed by atoms with van der Waals surface area (Å²) in [5.74, 6) is 1.08. The topological polar surface area (TPSA) is 74.2 Å². The van der Waals surface area contributed by atoms with Gasteiger partial charge in [0.25, 0.3) is 5.56 Å². The van der Waals surface area contributed by atoms with E-state index in [1.807, 2.05) is 29.1 Å². The van der Waals surface area contributed by atoms with Crippen LogP contribution in [0.25, 0.3) is 0 Å². The van der Waals surface area contributed by atoms with Crippen LogP contribution in [0.2, 0.25) is 0 Å². The third-order valence-corrected chi connectivity index (χ3v) is 5.34. The van der Waals surface area contributed by atoms with Gasteiger partial charge in [0.05, 0.1) is 12.1 Å². The first-order valence-corrected chi connectivity index (χ1v) is 8.27. The number of hydrogen-bond acceptors (Lipinski definition) is 4. The molecule has 122 valence electrons. The summed E-state index contributed by atoms with van der Waals surface area (Å²) in [7, 11) is 0. The van der Waals surface area contributed by atoms with Crippen molar-refractivity contribution in [1.82, 2.24) is 19.7 Å². The van der Waals surface area contributed by atoms with Crippen LogP contribution >= 0.6 is 0 Å². The molecule has 2 N–H and O–H groups in total. The van der Waals surface area contributed by atoms with Gasteiger partial charge in [0.1, 0.15) is 0 Å². The predicted octanol–water partition coefficient (Wildman–Crippen LogP) is 1.02. The largest absolute Gasteiger partial charge is 0.391 e. The highest BCUT2D eigenvalue weighted by Gasteiger charge is 2.42. The lowest BCUT2D eigenvalue weighted by Crippen LogP contribution is -2.36. The van der Waals surface area contributed by atoms with Gasteiger partial charge in [-0.2, -0.15) is 5.10 Å². The van der Waals surface area contributed by atoms with Gasteiger partial charge in [-0.05, 0) is 36.8 Å². The summed E-state index contributed by atoms with van der Waals surface area (Å²) in [6.45, 7) is 2.64. The molecule has 1 aliphatic carbocycles. The van der Waals surface area contributed by atoms with Crippen molar-refractivity contribution in [2.45, 2.75) is 31.5 Å². The van der Waals surface area contributed by atoms with E-state index in [2.05, 4.69) is 15.0 Å². The van der Waals surface area contributed by atoms with E-state index in [1.54, 1.807) is 12.4 Å². The fourth-order valence-corrected chi connectivity index (χ4v) is 4.22. The average molecular weight is 314 g/mol. The zero-order valence-corrected chi connectivity index (χ0v) is 13.0. The van der Waals surface area contributed by atoms with Gasteiger partial charge in [-0.25, -0.2) is 0 Å². The molecule has 0 spiro atoms. The van der Waals surface area contributed by atoms with E-state index in [1.165, 1.54) is 0 Å². The zero-order chi connectivity index (χ0) is 15.8. The normalized spacial score (nSPS) is 31.2. The summed E-state index contributed by atoms with van der Waals surface area (Å²) in [6.07, 6.45) is 6.80. The van der Waals surface area contributed by atoms with Gasteiger partial charge in [0.2, 0.25) is 0 Å². The van der Waals surface area contributed by atoms with Crippen molar-refractivity contribution in [3.05, 3.63) is 52.7 Å². The van der Waals surface area contributed by atoms with Crippen LogP contribution < -0.4 is 5.56 Å². The highest BCUT2D eigenvalue weighted by molar-refractivity contribution is 5.09. The van der Waals surface area contributed by atoms with Crippen LogP contribution in [-0.4, -0.2) is 44.0 Å². The van der Waals surface area contributed by atoms with Crippen molar-refractivity contribution >= 4 is 0 Å². The number of aromatic amines is 1. The van der Waals surface area contributed by atoms with E-state index in [-0.39, 0.29) is 17.7 Å². The lowest BCUT2D eigenvalue weighted by Gasteiger charge is -2.35. The molecular formula is C17H22N4O2. The number of aliphatic hydroxyl groups excluding tert-OH is 1. The molecule has 0 unspecified atom stereocenters. The Bertz CT molecular complexity index is 711. The molecule has 2 fully saturated rings. The summed E-state index contributed by atoms with van der Waals surface area (Å²) in [6, 6.07) is 5.74. The smallest absolute Gasteiger partial charge is 0.252 e. The van der Waals surface area contributed by atoms with Gasteiger partial charge in [-0.15, -0.1) is 0 Å². The molecule has 2 aromatic rings. The Labute approximate surface area is 134 Å². The van der Waals surface area contributed by atoms with E-state index >= 15 is 0 Å². The molecule has 2 aliphatic rings. The van der Waals surface area contributed by atoms with Crippen LogP contribution in [0.4, 0.5) is 0 Å². The molecule has 0 amide bonds. The second kappa shape index (κ2) is 5.94. The van der Waals surface area contributed by atoms with Crippen molar-refractivity contribution in [1.29, 1.82) is 0 Å². The fraction of sp³-hybridized carbons (Fsp3) is 0.529. The molecule has 6 nitrogen and oxygen atoms in total. The number of nitrogens with zero attached hydrogens (tertiary/aromatic N) is 3. The number of nitrogens with one attached hydrogen (secondary N) is 1. The molecule has 23 heavy (non-hydrogen) atoms. The Morgan fingerprint density at radius 3 is 2.83 bits per heavy atom. The van der Waals surface area contributed by atoms with Crippen LogP contribution in [0.3, 0.4) is 0 Å². The molecule has 1 saturated heterocycles. The molecule has 3 heterocycles. The molecule has 6 heteroatoms. The number of likely N-dealkylation sites (tertiary alicyclic amines) is 1. The van der Waals surface area contributed by atoms with Gasteiger partial charge in [-0.3, -0.25) is 14.4 Å². The predicted molar refractivity (Wildman–Crippen MR) is 85.8 cm³/mol. The average Bonchev–Trinajstić information content (AvgIpc) is 3.17. The standard InChI is InChI=1S/C17H22N4O2/c22-16-8-14-11-20(9-12-3-1-4-18-17(12)23)10-13(14)7-15(16)21-6-2-5-19-21/h1-6,13-16,22H,7-11H2,(H,18,23)/t13-,14+,15-,16-/m0/s1. The molecule has 2 aromatic heterocycles. The number of H-pyrrole nitrogens is 1. The third kappa shape index (κ3) is 2.84. The number of aliphatic hydroxyl groups is 1. The van der Waals surface area contributed by atoms with Gasteiger partial charge in [0, 0.05) is 43.8 Å². The van der Waals surface area contributed by atoms with Crippen molar-refractivity contribution in [2.24, 2.45) is 11.8 Å². The summed E-state index contributed by atoms with van der Waals surface area (Å²) in [4.78, 5) is 16.9. The molecule has 0 bridgehead atoms. The summed E-state index contributed by atoms with van der Waals surface area (Å²) in [5, 5.41) is 14.8. The van der Waals surface area contributed by atoms with Crippen LogP contribution in [0.1, 0.15) is 24.4 Å². The highest BCUT2D eigenvalue weighted by Crippen LogP contribution is 2.41. The van der Waals surface area contributed by atoms with E-state index in [0.717, 1.165) is 31.5 Å². The molecule has 4 rings (SSSR count). The maximum Gasteiger partial charge on any atom is 0.252 e. The molecule has 4 atom stereocenters. The van der Waals surface area contributed by atoms with Gasteiger partial charge < -0.3 is 10.1 Å². The Hall–Kier alpha value is -1.92. The van der Waals surface area contributed by atoms with Gasteiger partial charge >= 0.3 is 0 Å². The van der Waals surface area contributed by atoms with Crippen LogP contribution in [-0.2, 0) is 6.54 Å². The van der Waals surface area contributed by atoms with E-state index in [0.29, 0.717) is 18.4 Å². The first-order chi connectivity index (χ1) is 11.2. The van der Waals surface area contributed by atoms with Crippen molar-refractivity contribution in [3.8, 4) is 0 Å². The maximum atomic E-state index is 11.8. The van der Waals surface area contributed by atoms with Crippen molar-refractivity contribution in [2.75, 3.05) is 13.1 Å². The summed E-state index contributed by atoms with van der Waals surface area (Å²) in [5.41, 5.74) is 0.812. The fourth-order valence-electron chi connectivity index (χ4n) is 4.22. The Morgan fingerprint density at radius 1 is 1.26 bits per heavy atom. The SMILES string of the molecule is O=c1[nH]cccc1CN1C[C@H]2C[C@H](O)[C@@H](n3cccn3)C[C@H]2C1. The minimum atomic E-state index is -0.337. The first-order valence-electron chi connectivity index (χ1n) is 8.27. The van der Waals surface area contributed by atoms with E-state index in [4.69, 9.17) is 0 Å². The van der Waals surface area contributed by atoms with Gasteiger partial charge in [0.15, 0.2) is 0 Å². The van der Waals surface area contributed by atoms with E-state index in [9.17, 15) is 9.90 Å². The maximum absolute atomic E-state index is 11.8. The number of hydrogen-bond donors (Lipinski definition) is 2. The third-order valence-electron chi connectivity index (χ3n) is 5.34. The Balaban J connectivity index is 1.45. The van der Waals surface area contributed by atoms with Crippen molar-refractivity contribution < 1.29 is 5.11 Å². The van der Waals surface area contributed by atoms with Crippen LogP contribution in [0, 0.1) is 11.8 Å². The second-order valence-electron chi connectivity index (χ2n) is 6.83. The Morgan fingerprint density at radius 2 is 2.09 bits per heavy atom. The Kier molecular flexibility index (Phi) is 3.79. The lowest BCUT2D eigenvalue weighted by molar-refractivity contribution is 0.0306. The minimum absolute atomic E-state index is 0.00294. The highest BCUT2D eigenvalue weighted by atomic mass is 16.3. The van der Waals surface area contributed by atoms with Crippen molar-refractivity contribution in [3.63, 3.8) is 0 Å². The number of fused-ring (bicyclic) bond motifs is 1. The quantitative estimate of drug-likeness (QED) is 0.887. The molecule has 0 radical (unpaired) electrons. The summed E-state index contributed by atoms with van der Waals surface area (Å²) >= 11 is 0. The van der Waals surface area contributed by atoms with Gasteiger partial charge in [-0.1, -0.05) is 6.07 Å². The van der Waals surface area contributed by atoms with Crippen LogP contribution in [0.5, 0.6) is 0 Å². The molecule has 0 aromatic carbocycles. The molecular weight excluding hydrogens is 292 g/mol. The zero-order valence-electron chi connectivity index (χ0n) is 13.0.